The van der Waals surface area contributed by atoms with E-state index in [1.807, 2.05) is 0 Å². The van der Waals surface area contributed by atoms with Crippen LogP contribution in [0, 0.1) is 5.92 Å². The maximum Gasteiger partial charge on any atom is 0.229 e. The Bertz CT molecular complexity index is 385. The predicted octanol–water partition coefficient (Wildman–Crippen LogP) is 2.60. The second-order valence-corrected chi connectivity index (χ2v) is 5.60. The Morgan fingerprint density at radius 2 is 2.06 bits per heavy atom. The van der Waals surface area contributed by atoms with Crippen molar-refractivity contribution in [3.63, 3.8) is 0 Å². The molecule has 2 fully saturated rings. The zero-order valence-electron chi connectivity index (χ0n) is 10.3. The molecule has 17 heavy (non-hydrogen) atoms. The van der Waals surface area contributed by atoms with E-state index in [0.717, 1.165) is 30.5 Å². The first-order chi connectivity index (χ1) is 8.26. The summed E-state index contributed by atoms with van der Waals surface area (Å²) in [6, 6.07) is 0. The van der Waals surface area contributed by atoms with Crippen molar-refractivity contribution in [2.45, 2.75) is 63.4 Å². The second kappa shape index (κ2) is 4.41. The molecule has 1 aromatic heterocycles. The minimum absolute atomic E-state index is 0.161. The van der Waals surface area contributed by atoms with Gasteiger partial charge >= 0.3 is 0 Å². The molecule has 0 aliphatic heterocycles. The Hall–Kier alpha value is -0.900. The van der Waals surface area contributed by atoms with E-state index in [0.29, 0.717) is 11.8 Å². The summed E-state index contributed by atoms with van der Waals surface area (Å²) in [5.41, 5.74) is 0. The summed E-state index contributed by atoms with van der Waals surface area (Å²) in [5, 5.41) is 13.4. The van der Waals surface area contributed by atoms with Crippen LogP contribution in [0.2, 0.25) is 0 Å². The summed E-state index contributed by atoms with van der Waals surface area (Å²) in [4.78, 5) is 4.53. The van der Waals surface area contributed by atoms with Gasteiger partial charge in [-0.15, -0.1) is 0 Å². The van der Waals surface area contributed by atoms with Gasteiger partial charge < -0.3 is 9.63 Å². The molecule has 0 bridgehead atoms. The molecular weight excluding hydrogens is 216 g/mol. The van der Waals surface area contributed by atoms with Crippen molar-refractivity contribution >= 4 is 0 Å². The molecule has 1 heterocycles. The zero-order chi connectivity index (χ0) is 11.8. The third-order valence-corrected chi connectivity index (χ3v) is 4.40. The number of aliphatic hydroxyl groups excluding tert-OH is 1. The van der Waals surface area contributed by atoms with Gasteiger partial charge in [0.15, 0.2) is 5.82 Å². The fourth-order valence-corrected chi connectivity index (χ4v) is 3.05. The zero-order valence-corrected chi connectivity index (χ0v) is 10.3. The topological polar surface area (TPSA) is 59.2 Å². The van der Waals surface area contributed by atoms with E-state index >= 15 is 0 Å². The molecule has 94 valence electrons. The Morgan fingerprint density at radius 3 is 2.71 bits per heavy atom. The third kappa shape index (κ3) is 2.10. The van der Waals surface area contributed by atoms with Crippen LogP contribution in [0.5, 0.6) is 0 Å². The molecule has 1 N–H and O–H groups in total. The van der Waals surface area contributed by atoms with Gasteiger partial charge in [-0.1, -0.05) is 18.5 Å². The van der Waals surface area contributed by atoms with Gasteiger partial charge in [-0.2, -0.15) is 4.98 Å². The molecule has 0 spiro atoms. The van der Waals surface area contributed by atoms with Gasteiger partial charge in [-0.3, -0.25) is 0 Å². The molecule has 0 amide bonds. The minimum Gasteiger partial charge on any atom is -0.393 e. The minimum atomic E-state index is -0.161. The highest BCUT2D eigenvalue weighted by atomic mass is 16.5. The van der Waals surface area contributed by atoms with E-state index in [9.17, 15) is 5.11 Å². The van der Waals surface area contributed by atoms with Crippen molar-refractivity contribution in [2.24, 2.45) is 5.92 Å². The molecule has 0 radical (unpaired) electrons. The van der Waals surface area contributed by atoms with Crippen LogP contribution in [0.1, 0.15) is 69.0 Å². The molecule has 4 nitrogen and oxygen atoms in total. The lowest BCUT2D eigenvalue weighted by atomic mass is 9.82. The number of aliphatic hydroxyl groups is 1. The summed E-state index contributed by atoms with van der Waals surface area (Å²) >= 11 is 0. The van der Waals surface area contributed by atoms with Gasteiger partial charge in [-0.25, -0.2) is 0 Å². The smallest absolute Gasteiger partial charge is 0.229 e. The van der Waals surface area contributed by atoms with E-state index < -0.39 is 0 Å². The van der Waals surface area contributed by atoms with Crippen molar-refractivity contribution in [1.29, 1.82) is 0 Å². The maximum absolute atomic E-state index is 9.27. The maximum atomic E-state index is 9.27. The van der Waals surface area contributed by atoms with Gasteiger partial charge in [0.05, 0.1) is 6.10 Å². The molecule has 2 atom stereocenters. The van der Waals surface area contributed by atoms with E-state index in [4.69, 9.17) is 4.52 Å². The molecule has 2 aliphatic rings. The third-order valence-electron chi connectivity index (χ3n) is 4.40. The number of nitrogens with zero attached hydrogens (tertiary/aromatic N) is 2. The first-order valence-corrected chi connectivity index (χ1v) is 6.77. The van der Waals surface area contributed by atoms with Gasteiger partial charge in [0.25, 0.3) is 0 Å². The SMILES string of the molecule is CCC1CCC(c2noc(C3CC(O)C3)n2)C1. The number of rotatable bonds is 3. The standard InChI is InChI=1S/C13H20N2O2/c1-2-8-3-4-9(5-8)12-14-13(17-15-12)10-6-11(16)7-10/h8-11,16H,2-7H2,1H3. The average Bonchev–Trinajstić information content (AvgIpc) is 2.93. The first-order valence-electron chi connectivity index (χ1n) is 6.77. The number of hydrogen-bond acceptors (Lipinski definition) is 4. The number of aromatic nitrogens is 2. The van der Waals surface area contributed by atoms with E-state index in [2.05, 4.69) is 17.1 Å². The first kappa shape index (κ1) is 11.2. The predicted molar refractivity (Wildman–Crippen MR) is 62.7 cm³/mol. The van der Waals surface area contributed by atoms with E-state index in [-0.39, 0.29) is 6.10 Å². The molecule has 2 unspecified atom stereocenters. The molecular formula is C13H20N2O2. The molecule has 0 saturated heterocycles. The normalized spacial score (nSPS) is 37.1. The van der Waals surface area contributed by atoms with Crippen molar-refractivity contribution in [3.05, 3.63) is 11.7 Å². The summed E-state index contributed by atoms with van der Waals surface area (Å²) in [6.07, 6.45) is 6.37. The summed E-state index contributed by atoms with van der Waals surface area (Å²) < 4.78 is 5.33. The fourth-order valence-electron chi connectivity index (χ4n) is 3.05. The lowest BCUT2D eigenvalue weighted by Crippen LogP contribution is -2.26. The highest BCUT2D eigenvalue weighted by Crippen LogP contribution is 2.40. The summed E-state index contributed by atoms with van der Waals surface area (Å²) in [5.74, 6) is 3.28. The van der Waals surface area contributed by atoms with Crippen LogP contribution in [0.25, 0.3) is 0 Å². The Kier molecular flexibility index (Phi) is 2.90. The summed E-state index contributed by atoms with van der Waals surface area (Å²) in [7, 11) is 0. The van der Waals surface area contributed by atoms with E-state index in [1.165, 1.54) is 25.7 Å². The van der Waals surface area contributed by atoms with Crippen molar-refractivity contribution in [2.75, 3.05) is 0 Å². The lowest BCUT2D eigenvalue weighted by Gasteiger charge is -2.27. The fraction of sp³-hybridized carbons (Fsp3) is 0.846. The van der Waals surface area contributed by atoms with Crippen LogP contribution < -0.4 is 0 Å². The van der Waals surface area contributed by atoms with E-state index in [1.54, 1.807) is 0 Å². The Labute approximate surface area is 101 Å². The molecule has 0 aromatic carbocycles. The highest BCUT2D eigenvalue weighted by molar-refractivity contribution is 5.05. The van der Waals surface area contributed by atoms with Gasteiger partial charge in [-0.05, 0) is 38.0 Å². The molecule has 3 rings (SSSR count). The monoisotopic (exact) mass is 236 g/mol. The number of hydrogen-bond donors (Lipinski definition) is 1. The van der Waals surface area contributed by atoms with Crippen LogP contribution in [0.15, 0.2) is 4.52 Å². The van der Waals surface area contributed by atoms with Crippen molar-refractivity contribution < 1.29 is 9.63 Å². The lowest BCUT2D eigenvalue weighted by molar-refractivity contribution is 0.0625. The van der Waals surface area contributed by atoms with Crippen LogP contribution in [0.4, 0.5) is 0 Å². The van der Waals surface area contributed by atoms with Crippen molar-refractivity contribution in [1.82, 2.24) is 10.1 Å². The molecule has 1 aromatic rings. The second-order valence-electron chi connectivity index (χ2n) is 5.60. The van der Waals surface area contributed by atoms with Gasteiger partial charge in [0.1, 0.15) is 0 Å². The Morgan fingerprint density at radius 1 is 1.24 bits per heavy atom. The van der Waals surface area contributed by atoms with Crippen LogP contribution in [0.3, 0.4) is 0 Å². The van der Waals surface area contributed by atoms with Crippen LogP contribution in [-0.4, -0.2) is 21.4 Å². The molecule has 2 aliphatic carbocycles. The van der Waals surface area contributed by atoms with Crippen LogP contribution in [-0.2, 0) is 0 Å². The van der Waals surface area contributed by atoms with Crippen LogP contribution >= 0.6 is 0 Å². The quantitative estimate of drug-likeness (QED) is 0.876. The molecule has 2 saturated carbocycles. The largest absolute Gasteiger partial charge is 0.393 e. The highest BCUT2D eigenvalue weighted by Gasteiger charge is 2.34. The summed E-state index contributed by atoms with van der Waals surface area (Å²) in [6.45, 7) is 2.25. The van der Waals surface area contributed by atoms with Gasteiger partial charge in [0.2, 0.25) is 5.89 Å². The molecule has 4 heteroatoms. The van der Waals surface area contributed by atoms with Crippen molar-refractivity contribution in [3.8, 4) is 0 Å². The average molecular weight is 236 g/mol. The van der Waals surface area contributed by atoms with Gasteiger partial charge in [0, 0.05) is 11.8 Å². The Balaban J connectivity index is 1.65.